The molecule has 1 heterocycles. The van der Waals surface area contributed by atoms with Gasteiger partial charge in [0.1, 0.15) is 4.88 Å². The lowest BCUT2D eigenvalue weighted by Gasteiger charge is -2.16. The van der Waals surface area contributed by atoms with E-state index in [9.17, 15) is 9.90 Å². The van der Waals surface area contributed by atoms with E-state index < -0.39 is 5.97 Å². The van der Waals surface area contributed by atoms with Crippen LogP contribution < -0.4 is 0 Å². The first-order chi connectivity index (χ1) is 9.27. The van der Waals surface area contributed by atoms with E-state index in [0.29, 0.717) is 22.0 Å². The van der Waals surface area contributed by atoms with E-state index >= 15 is 0 Å². The molecule has 0 saturated heterocycles. The monoisotopic (exact) mass is 309 g/mol. The third-order valence-corrected chi connectivity index (χ3v) is 4.14. The molecule has 0 fully saturated rings. The fraction of sp³-hybridized carbons (Fsp3) is 0.333. The standard InChI is InChI=1S/C15H16ClNO2S/c1-15(2,3)13-12(14(18)19)20-11(17-13)8-9-4-6-10(16)7-5-9/h4-7H,8H2,1-3H3,(H,18,19). The Morgan fingerprint density at radius 1 is 1.30 bits per heavy atom. The Morgan fingerprint density at radius 3 is 2.35 bits per heavy atom. The molecule has 5 heteroatoms. The summed E-state index contributed by atoms with van der Waals surface area (Å²) in [6.45, 7) is 5.92. The van der Waals surface area contributed by atoms with Gasteiger partial charge < -0.3 is 5.11 Å². The van der Waals surface area contributed by atoms with Crippen LogP contribution in [0.2, 0.25) is 5.02 Å². The van der Waals surface area contributed by atoms with Crippen molar-refractivity contribution in [3.63, 3.8) is 0 Å². The lowest BCUT2D eigenvalue weighted by Crippen LogP contribution is -2.16. The highest BCUT2D eigenvalue weighted by Gasteiger charge is 2.26. The maximum atomic E-state index is 11.3. The molecule has 0 bridgehead atoms. The van der Waals surface area contributed by atoms with Gasteiger partial charge in [-0.2, -0.15) is 0 Å². The van der Waals surface area contributed by atoms with Crippen molar-refractivity contribution in [2.24, 2.45) is 0 Å². The molecule has 20 heavy (non-hydrogen) atoms. The number of hydrogen-bond acceptors (Lipinski definition) is 3. The highest BCUT2D eigenvalue weighted by atomic mass is 35.5. The van der Waals surface area contributed by atoms with Crippen molar-refractivity contribution in [2.45, 2.75) is 32.6 Å². The molecule has 0 atom stereocenters. The van der Waals surface area contributed by atoms with Crippen molar-refractivity contribution >= 4 is 28.9 Å². The summed E-state index contributed by atoms with van der Waals surface area (Å²) in [6.07, 6.45) is 0.623. The second-order valence-electron chi connectivity index (χ2n) is 5.64. The Balaban J connectivity index is 2.34. The summed E-state index contributed by atoms with van der Waals surface area (Å²) in [5.41, 5.74) is 1.45. The normalized spacial score (nSPS) is 11.6. The number of rotatable bonds is 3. The quantitative estimate of drug-likeness (QED) is 0.915. The van der Waals surface area contributed by atoms with Gasteiger partial charge in [0.05, 0.1) is 10.7 Å². The summed E-state index contributed by atoms with van der Waals surface area (Å²) in [4.78, 5) is 16.2. The number of benzene rings is 1. The molecule has 1 aromatic carbocycles. The first kappa shape index (κ1) is 15.0. The maximum Gasteiger partial charge on any atom is 0.347 e. The molecular formula is C15H16ClNO2S. The number of aromatic carboxylic acids is 1. The van der Waals surface area contributed by atoms with Crippen LogP contribution in [0.3, 0.4) is 0 Å². The number of nitrogens with zero attached hydrogens (tertiary/aromatic N) is 1. The van der Waals surface area contributed by atoms with Crippen molar-refractivity contribution in [3.8, 4) is 0 Å². The molecule has 0 aliphatic heterocycles. The molecule has 1 N–H and O–H groups in total. The third-order valence-electron chi connectivity index (χ3n) is 2.84. The summed E-state index contributed by atoms with van der Waals surface area (Å²) < 4.78 is 0. The molecule has 0 aliphatic carbocycles. The number of carboxylic acids is 1. The lowest BCUT2D eigenvalue weighted by molar-refractivity contribution is 0.0699. The van der Waals surface area contributed by atoms with Crippen molar-refractivity contribution < 1.29 is 9.90 Å². The molecule has 2 aromatic rings. The van der Waals surface area contributed by atoms with Crippen LogP contribution in [0.4, 0.5) is 0 Å². The zero-order chi connectivity index (χ0) is 14.9. The average molecular weight is 310 g/mol. The minimum atomic E-state index is -0.908. The second kappa shape index (κ2) is 5.54. The molecule has 0 spiro atoms. The van der Waals surface area contributed by atoms with Gasteiger partial charge in [-0.05, 0) is 17.7 Å². The van der Waals surface area contributed by atoms with Crippen LogP contribution in [0.15, 0.2) is 24.3 Å². The highest BCUT2D eigenvalue weighted by molar-refractivity contribution is 7.13. The Hall–Kier alpha value is -1.39. The van der Waals surface area contributed by atoms with Crippen LogP contribution in [-0.4, -0.2) is 16.1 Å². The summed E-state index contributed by atoms with van der Waals surface area (Å²) >= 11 is 7.10. The molecule has 0 amide bonds. The van der Waals surface area contributed by atoms with Crippen molar-refractivity contribution in [3.05, 3.63) is 50.4 Å². The third kappa shape index (κ3) is 3.38. The summed E-state index contributed by atoms with van der Waals surface area (Å²) in [7, 11) is 0. The Bertz CT molecular complexity index is 626. The topological polar surface area (TPSA) is 50.2 Å². The van der Waals surface area contributed by atoms with Crippen LogP contribution in [0.5, 0.6) is 0 Å². The van der Waals surface area contributed by atoms with Crippen LogP contribution >= 0.6 is 22.9 Å². The predicted molar refractivity (Wildman–Crippen MR) is 82.0 cm³/mol. The molecule has 0 saturated carbocycles. The molecule has 106 valence electrons. The van der Waals surface area contributed by atoms with Crippen LogP contribution in [0.1, 0.15) is 46.7 Å². The highest BCUT2D eigenvalue weighted by Crippen LogP contribution is 2.30. The van der Waals surface area contributed by atoms with Crippen molar-refractivity contribution in [2.75, 3.05) is 0 Å². The maximum absolute atomic E-state index is 11.3. The summed E-state index contributed by atoms with van der Waals surface area (Å²) in [6, 6.07) is 7.52. The smallest absolute Gasteiger partial charge is 0.347 e. The van der Waals surface area contributed by atoms with E-state index in [-0.39, 0.29) is 5.41 Å². The second-order valence-corrected chi connectivity index (χ2v) is 7.16. The predicted octanol–water partition coefficient (Wildman–Crippen LogP) is 4.38. The first-order valence-corrected chi connectivity index (χ1v) is 7.45. The minimum absolute atomic E-state index is 0.275. The van der Waals surface area contributed by atoms with Gasteiger partial charge in [0, 0.05) is 16.9 Å². The molecule has 0 radical (unpaired) electrons. The van der Waals surface area contributed by atoms with E-state index in [1.807, 2.05) is 45.0 Å². The first-order valence-electron chi connectivity index (χ1n) is 6.25. The Morgan fingerprint density at radius 2 is 1.90 bits per heavy atom. The fourth-order valence-electron chi connectivity index (χ4n) is 1.87. The van der Waals surface area contributed by atoms with Gasteiger partial charge in [-0.15, -0.1) is 11.3 Å². The minimum Gasteiger partial charge on any atom is -0.477 e. The number of hydrogen-bond donors (Lipinski definition) is 1. The van der Waals surface area contributed by atoms with Gasteiger partial charge in [0.2, 0.25) is 0 Å². The van der Waals surface area contributed by atoms with E-state index in [1.54, 1.807) is 0 Å². The molecule has 1 aromatic heterocycles. The van der Waals surface area contributed by atoms with Gasteiger partial charge in [-0.25, -0.2) is 9.78 Å². The van der Waals surface area contributed by atoms with Crippen LogP contribution in [0, 0.1) is 0 Å². The molecule has 0 unspecified atom stereocenters. The molecule has 3 nitrogen and oxygen atoms in total. The number of aromatic nitrogens is 1. The number of thiazole rings is 1. The Labute approximate surface area is 127 Å². The Kier molecular flexibility index (Phi) is 4.16. The summed E-state index contributed by atoms with van der Waals surface area (Å²) in [5, 5.41) is 10.8. The molecular weight excluding hydrogens is 294 g/mol. The van der Waals surface area contributed by atoms with Crippen LogP contribution in [-0.2, 0) is 11.8 Å². The molecule has 0 aliphatic rings. The van der Waals surface area contributed by atoms with E-state index in [0.717, 1.165) is 10.6 Å². The largest absolute Gasteiger partial charge is 0.477 e. The number of carbonyl (C=O) groups is 1. The number of carboxylic acid groups (broad SMARTS) is 1. The van der Waals surface area contributed by atoms with Crippen molar-refractivity contribution in [1.82, 2.24) is 4.98 Å². The molecule has 2 rings (SSSR count). The zero-order valence-corrected chi connectivity index (χ0v) is 13.2. The SMILES string of the molecule is CC(C)(C)c1nc(Cc2ccc(Cl)cc2)sc1C(=O)O. The summed E-state index contributed by atoms with van der Waals surface area (Å²) in [5.74, 6) is -0.908. The zero-order valence-electron chi connectivity index (χ0n) is 11.6. The van der Waals surface area contributed by atoms with Gasteiger partial charge in [0.15, 0.2) is 0 Å². The van der Waals surface area contributed by atoms with Gasteiger partial charge in [-0.1, -0.05) is 44.5 Å². The van der Waals surface area contributed by atoms with Gasteiger partial charge in [0.25, 0.3) is 0 Å². The van der Waals surface area contributed by atoms with Crippen molar-refractivity contribution in [1.29, 1.82) is 0 Å². The van der Waals surface area contributed by atoms with Gasteiger partial charge in [-0.3, -0.25) is 0 Å². The fourth-order valence-corrected chi connectivity index (χ4v) is 3.14. The van der Waals surface area contributed by atoms with E-state index in [4.69, 9.17) is 11.6 Å². The average Bonchev–Trinajstić information content (AvgIpc) is 2.76. The van der Waals surface area contributed by atoms with E-state index in [2.05, 4.69) is 4.98 Å². The number of halogens is 1. The van der Waals surface area contributed by atoms with Gasteiger partial charge >= 0.3 is 5.97 Å². The van der Waals surface area contributed by atoms with E-state index in [1.165, 1.54) is 11.3 Å². The van der Waals surface area contributed by atoms with Crippen LogP contribution in [0.25, 0.3) is 0 Å². The lowest BCUT2D eigenvalue weighted by atomic mass is 9.91.